The van der Waals surface area contributed by atoms with Gasteiger partial charge >= 0.3 is 0 Å². The van der Waals surface area contributed by atoms with E-state index in [1.165, 1.54) is 12.8 Å². The lowest BCUT2D eigenvalue weighted by molar-refractivity contribution is -0.138. The van der Waals surface area contributed by atoms with Crippen LogP contribution in [0.4, 0.5) is 0 Å². The Morgan fingerprint density at radius 3 is 2.72 bits per heavy atom. The van der Waals surface area contributed by atoms with Crippen LogP contribution in [0.25, 0.3) is 0 Å². The van der Waals surface area contributed by atoms with Gasteiger partial charge in [0.2, 0.25) is 0 Å². The summed E-state index contributed by atoms with van der Waals surface area (Å²) in [5, 5.41) is 9.24. The maximum absolute atomic E-state index is 12.9. The molecule has 3 atom stereocenters. The van der Waals surface area contributed by atoms with Gasteiger partial charge in [-0.15, -0.1) is 0 Å². The van der Waals surface area contributed by atoms with Crippen molar-refractivity contribution in [2.24, 2.45) is 0 Å². The number of likely N-dealkylation sites (tertiary alicyclic amines) is 1. The third-order valence-corrected chi connectivity index (χ3v) is 5.49. The molecule has 0 aliphatic carbocycles. The van der Waals surface area contributed by atoms with E-state index in [0.29, 0.717) is 23.9 Å². The predicted molar refractivity (Wildman–Crippen MR) is 97.4 cm³/mol. The van der Waals surface area contributed by atoms with Crippen LogP contribution in [0.1, 0.15) is 45.6 Å². The summed E-state index contributed by atoms with van der Waals surface area (Å²) in [4.78, 5) is 17.5. The fourth-order valence-corrected chi connectivity index (χ4v) is 4.38. The molecule has 0 radical (unpaired) electrons. The van der Waals surface area contributed by atoms with Crippen molar-refractivity contribution in [2.75, 3.05) is 13.1 Å². The van der Waals surface area contributed by atoms with E-state index < -0.39 is 6.10 Å². The Balaban J connectivity index is 1.64. The molecule has 1 aromatic rings. The first kappa shape index (κ1) is 18.2. The molecule has 0 spiro atoms. The molecule has 3 unspecified atom stereocenters. The van der Waals surface area contributed by atoms with Gasteiger partial charge in [-0.1, -0.05) is 12.1 Å². The van der Waals surface area contributed by atoms with Crippen LogP contribution in [-0.4, -0.2) is 58.1 Å². The van der Waals surface area contributed by atoms with Gasteiger partial charge in [0.15, 0.2) is 6.10 Å². The molecule has 3 rings (SSSR count). The van der Waals surface area contributed by atoms with Gasteiger partial charge in [0.05, 0.1) is 6.61 Å². The summed E-state index contributed by atoms with van der Waals surface area (Å²) in [7, 11) is 0. The smallest absolute Gasteiger partial charge is 0.263 e. The van der Waals surface area contributed by atoms with Crippen molar-refractivity contribution in [1.82, 2.24) is 9.80 Å². The van der Waals surface area contributed by atoms with Crippen molar-refractivity contribution in [1.29, 1.82) is 0 Å². The summed E-state index contributed by atoms with van der Waals surface area (Å²) in [6, 6.07) is 8.90. The molecule has 0 saturated carbocycles. The molecule has 2 saturated heterocycles. The van der Waals surface area contributed by atoms with Crippen molar-refractivity contribution >= 4 is 5.91 Å². The molecule has 2 aliphatic rings. The lowest BCUT2D eigenvalue weighted by Crippen LogP contribution is -2.46. The van der Waals surface area contributed by atoms with Gasteiger partial charge in [-0.05, 0) is 57.7 Å². The number of aliphatic hydroxyl groups is 1. The number of ether oxygens (including phenoxy) is 1. The Kier molecular flexibility index (Phi) is 5.64. The molecule has 1 amide bonds. The molecule has 5 nitrogen and oxygen atoms in total. The van der Waals surface area contributed by atoms with Gasteiger partial charge in [0.1, 0.15) is 5.75 Å². The molecule has 25 heavy (non-hydrogen) atoms. The number of carbonyl (C=O) groups is 1. The van der Waals surface area contributed by atoms with Crippen LogP contribution in [0.2, 0.25) is 0 Å². The zero-order valence-corrected chi connectivity index (χ0v) is 15.5. The highest BCUT2D eigenvalue weighted by Gasteiger charge is 2.40. The van der Waals surface area contributed by atoms with Crippen LogP contribution in [0.15, 0.2) is 24.3 Å². The molecule has 2 heterocycles. The van der Waals surface area contributed by atoms with Crippen molar-refractivity contribution in [3.8, 4) is 5.75 Å². The fraction of sp³-hybridized carbons (Fsp3) is 0.650. The first-order valence-electron chi connectivity index (χ1n) is 9.42. The minimum absolute atomic E-state index is 0.0280. The number of aliphatic hydroxyl groups excluding tert-OH is 1. The number of hydrogen-bond acceptors (Lipinski definition) is 4. The normalized spacial score (nSPS) is 25.1. The molecule has 2 bridgehead atoms. The summed E-state index contributed by atoms with van der Waals surface area (Å²) in [5.41, 5.74) is 0.789. The second-order valence-corrected chi connectivity index (χ2v) is 7.56. The molecule has 138 valence electrons. The molecule has 2 fully saturated rings. The van der Waals surface area contributed by atoms with Crippen molar-refractivity contribution in [2.45, 2.75) is 70.9 Å². The average Bonchev–Trinajstić information content (AvgIpc) is 2.89. The number of fused-ring (bicyclic) bond motifs is 2. The first-order valence-corrected chi connectivity index (χ1v) is 9.42. The van der Waals surface area contributed by atoms with Gasteiger partial charge in [0, 0.05) is 31.2 Å². The quantitative estimate of drug-likeness (QED) is 0.890. The topological polar surface area (TPSA) is 53.0 Å². The minimum Gasteiger partial charge on any atom is -0.481 e. The van der Waals surface area contributed by atoms with Gasteiger partial charge in [-0.2, -0.15) is 0 Å². The summed E-state index contributed by atoms with van der Waals surface area (Å²) in [5.74, 6) is 0.693. The molecule has 1 aromatic carbocycles. The number of hydrogen-bond donors (Lipinski definition) is 1. The van der Waals surface area contributed by atoms with Crippen LogP contribution in [-0.2, 0) is 11.4 Å². The van der Waals surface area contributed by atoms with E-state index in [0.717, 1.165) is 25.1 Å². The van der Waals surface area contributed by atoms with Gasteiger partial charge in [-0.3, -0.25) is 9.69 Å². The molecular formula is C20H30N2O3. The van der Waals surface area contributed by atoms with Crippen LogP contribution < -0.4 is 4.74 Å². The molecule has 2 aliphatic heterocycles. The summed E-state index contributed by atoms with van der Waals surface area (Å²) in [6.07, 6.45) is 2.97. The third-order valence-electron chi connectivity index (χ3n) is 5.49. The predicted octanol–water partition coefficient (Wildman–Crippen LogP) is 2.42. The third kappa shape index (κ3) is 3.98. The van der Waals surface area contributed by atoms with Crippen LogP contribution in [0, 0.1) is 0 Å². The number of rotatable bonds is 5. The van der Waals surface area contributed by atoms with Crippen molar-refractivity contribution < 1.29 is 14.6 Å². The maximum atomic E-state index is 12.9. The van der Waals surface area contributed by atoms with E-state index >= 15 is 0 Å². The zero-order chi connectivity index (χ0) is 18.0. The summed E-state index contributed by atoms with van der Waals surface area (Å²) < 4.78 is 5.85. The summed E-state index contributed by atoms with van der Waals surface area (Å²) in [6.45, 7) is 7.91. The Hall–Kier alpha value is -1.59. The fourth-order valence-electron chi connectivity index (χ4n) is 4.38. The standard InChI is InChI=1S/C20H30N2O3/c1-14(2)22-17-7-8-18(22)12-21(10-9-17)20(24)15(3)25-19-6-4-5-16(11-19)13-23/h4-6,11,14-15,17-18,23H,7-10,12-13H2,1-3H3. The monoisotopic (exact) mass is 346 g/mol. The SMILES string of the molecule is CC(Oc1cccc(CO)c1)C(=O)N1CCC2CCC(C1)N2C(C)C. The second kappa shape index (κ2) is 7.75. The number of amides is 1. The molecule has 0 aromatic heterocycles. The van der Waals surface area contributed by atoms with E-state index in [1.807, 2.05) is 30.0 Å². The Morgan fingerprint density at radius 1 is 1.24 bits per heavy atom. The summed E-state index contributed by atoms with van der Waals surface area (Å²) >= 11 is 0. The van der Waals surface area contributed by atoms with Gasteiger partial charge in [0.25, 0.3) is 5.91 Å². The lowest BCUT2D eigenvalue weighted by atomic mass is 10.1. The lowest BCUT2D eigenvalue weighted by Gasteiger charge is -2.32. The van der Waals surface area contributed by atoms with Crippen LogP contribution in [0.5, 0.6) is 5.75 Å². The molecule has 5 heteroatoms. The zero-order valence-electron chi connectivity index (χ0n) is 15.5. The minimum atomic E-state index is -0.516. The number of benzene rings is 1. The molecule has 1 N–H and O–H groups in total. The Bertz CT molecular complexity index is 604. The highest BCUT2D eigenvalue weighted by molar-refractivity contribution is 5.81. The van der Waals surface area contributed by atoms with Crippen LogP contribution >= 0.6 is 0 Å². The van der Waals surface area contributed by atoms with Gasteiger partial charge < -0.3 is 14.7 Å². The Morgan fingerprint density at radius 2 is 2.00 bits per heavy atom. The van der Waals surface area contributed by atoms with Crippen molar-refractivity contribution in [3.63, 3.8) is 0 Å². The molecular weight excluding hydrogens is 316 g/mol. The average molecular weight is 346 g/mol. The van der Waals surface area contributed by atoms with E-state index in [9.17, 15) is 9.90 Å². The first-order chi connectivity index (χ1) is 12.0. The highest BCUT2D eigenvalue weighted by Crippen LogP contribution is 2.32. The van der Waals surface area contributed by atoms with E-state index in [2.05, 4.69) is 18.7 Å². The van der Waals surface area contributed by atoms with E-state index in [1.54, 1.807) is 6.07 Å². The number of carbonyl (C=O) groups excluding carboxylic acids is 1. The largest absolute Gasteiger partial charge is 0.481 e. The number of nitrogens with zero attached hydrogens (tertiary/aromatic N) is 2. The van der Waals surface area contributed by atoms with E-state index in [4.69, 9.17) is 4.74 Å². The second-order valence-electron chi connectivity index (χ2n) is 7.56. The van der Waals surface area contributed by atoms with Crippen LogP contribution in [0.3, 0.4) is 0 Å². The highest BCUT2D eigenvalue weighted by atomic mass is 16.5. The van der Waals surface area contributed by atoms with Crippen molar-refractivity contribution in [3.05, 3.63) is 29.8 Å². The Labute approximate surface area is 150 Å². The van der Waals surface area contributed by atoms with Gasteiger partial charge in [-0.25, -0.2) is 0 Å². The van der Waals surface area contributed by atoms with E-state index in [-0.39, 0.29) is 12.5 Å². The maximum Gasteiger partial charge on any atom is 0.263 e.